The molecule has 1 amide bonds. The van der Waals surface area contributed by atoms with Crippen LogP contribution < -0.4 is 0 Å². The largest absolute Gasteiger partial charge is 0.416 e. The summed E-state index contributed by atoms with van der Waals surface area (Å²) in [5.74, 6) is -2.57. The first kappa shape index (κ1) is 27.2. The number of amides is 1. The normalized spacial score (nSPS) is 18.7. The Hall–Kier alpha value is -3.33. The highest BCUT2D eigenvalue weighted by Crippen LogP contribution is 2.37. The molecule has 0 radical (unpaired) electrons. The number of benzene rings is 3. The lowest BCUT2D eigenvalue weighted by Crippen LogP contribution is -2.42. The summed E-state index contributed by atoms with van der Waals surface area (Å²) in [6.45, 7) is 2.12. The zero-order chi connectivity index (χ0) is 27.7. The number of fused-ring (bicyclic) bond motifs is 1. The van der Waals surface area contributed by atoms with Crippen LogP contribution in [0.5, 0.6) is 0 Å². The molecule has 39 heavy (non-hydrogen) atoms. The zero-order valence-electron chi connectivity index (χ0n) is 21.2. The van der Waals surface area contributed by atoms with E-state index in [1.54, 1.807) is 11.0 Å². The van der Waals surface area contributed by atoms with Gasteiger partial charge in [0.15, 0.2) is 11.6 Å². The Balaban J connectivity index is 1.30. The maximum absolute atomic E-state index is 14.7. The minimum Gasteiger partial charge on any atom is -0.331 e. The molecule has 2 heterocycles. The fraction of sp³-hybridized carbons (Fsp3) is 0.367. The van der Waals surface area contributed by atoms with Crippen molar-refractivity contribution in [2.75, 3.05) is 26.2 Å². The topological polar surface area (TPSA) is 23.6 Å². The van der Waals surface area contributed by atoms with E-state index in [-0.39, 0.29) is 30.4 Å². The van der Waals surface area contributed by atoms with Gasteiger partial charge in [-0.1, -0.05) is 24.3 Å². The molecule has 0 N–H and O–H groups in total. The van der Waals surface area contributed by atoms with Crippen molar-refractivity contribution in [2.45, 2.75) is 43.8 Å². The Bertz CT molecular complexity index is 1330. The molecule has 3 aromatic carbocycles. The monoisotopic (exact) mass is 546 g/mol. The molecule has 1 saturated heterocycles. The molecule has 1 unspecified atom stereocenters. The second-order valence-electron chi connectivity index (χ2n) is 10.2. The van der Waals surface area contributed by atoms with Gasteiger partial charge >= 0.3 is 6.18 Å². The number of rotatable bonds is 5. The summed E-state index contributed by atoms with van der Waals surface area (Å²) in [5.41, 5.74) is 1.18. The van der Waals surface area contributed by atoms with Gasteiger partial charge in [-0.2, -0.15) is 13.2 Å². The predicted molar refractivity (Wildman–Crippen MR) is 135 cm³/mol. The van der Waals surface area contributed by atoms with Crippen molar-refractivity contribution in [3.8, 4) is 0 Å². The van der Waals surface area contributed by atoms with E-state index in [0.717, 1.165) is 12.1 Å². The van der Waals surface area contributed by atoms with Gasteiger partial charge in [-0.25, -0.2) is 13.2 Å². The molecule has 5 rings (SSSR count). The van der Waals surface area contributed by atoms with E-state index in [1.165, 1.54) is 42.5 Å². The number of hydrogen-bond acceptors (Lipinski definition) is 2. The van der Waals surface area contributed by atoms with Gasteiger partial charge in [-0.3, -0.25) is 4.79 Å². The van der Waals surface area contributed by atoms with Crippen LogP contribution in [0, 0.1) is 17.5 Å². The lowest BCUT2D eigenvalue weighted by atomic mass is 9.87. The SMILES string of the molecule is O=C(c1ccc(F)cc1)N1CCc2c(ccc(F)c2F)C1CCN1CCC(c2cccc(C(F)(F)F)c2)CC1. The van der Waals surface area contributed by atoms with Crippen LogP contribution in [0.1, 0.15) is 63.8 Å². The van der Waals surface area contributed by atoms with Crippen LogP contribution in [-0.4, -0.2) is 41.9 Å². The lowest BCUT2D eigenvalue weighted by Gasteiger charge is -2.39. The summed E-state index contributed by atoms with van der Waals surface area (Å²) in [7, 11) is 0. The molecule has 0 aromatic heterocycles. The highest BCUT2D eigenvalue weighted by atomic mass is 19.4. The molecule has 0 saturated carbocycles. The Labute approximate surface area is 223 Å². The number of hydrogen-bond donors (Lipinski definition) is 0. The van der Waals surface area contributed by atoms with Crippen LogP contribution in [0.15, 0.2) is 60.7 Å². The van der Waals surface area contributed by atoms with Crippen molar-refractivity contribution in [3.63, 3.8) is 0 Å². The number of nitrogens with zero attached hydrogens (tertiary/aromatic N) is 2. The standard InChI is InChI=1S/C30H28F6N2O/c31-23-6-4-20(5-7-23)29(39)38-17-12-25-24(8-9-26(32)28(25)33)27(38)13-16-37-14-10-19(11-15-37)21-2-1-3-22(18-21)30(34,35)36/h1-9,18-19,27H,10-17H2. The molecule has 2 aliphatic rings. The van der Waals surface area contributed by atoms with Crippen molar-refractivity contribution in [1.29, 1.82) is 0 Å². The average Bonchev–Trinajstić information content (AvgIpc) is 2.93. The van der Waals surface area contributed by atoms with Crippen LogP contribution in [0.2, 0.25) is 0 Å². The molecule has 9 heteroatoms. The van der Waals surface area contributed by atoms with E-state index >= 15 is 0 Å². The summed E-state index contributed by atoms with van der Waals surface area (Å²) in [4.78, 5) is 17.2. The fourth-order valence-corrected chi connectivity index (χ4v) is 5.81. The van der Waals surface area contributed by atoms with Crippen molar-refractivity contribution in [3.05, 3.63) is 106 Å². The Kier molecular flexibility index (Phi) is 7.71. The first-order chi connectivity index (χ1) is 18.6. The molecule has 1 fully saturated rings. The second kappa shape index (κ2) is 11.0. The molecular weight excluding hydrogens is 518 g/mol. The molecule has 1 atom stereocenters. The number of halogens is 6. The van der Waals surface area contributed by atoms with Crippen LogP contribution in [-0.2, 0) is 12.6 Å². The quantitative estimate of drug-likeness (QED) is 0.318. The molecule has 0 aliphatic carbocycles. The fourth-order valence-electron chi connectivity index (χ4n) is 5.81. The van der Waals surface area contributed by atoms with E-state index in [9.17, 15) is 31.1 Å². The van der Waals surface area contributed by atoms with Crippen molar-refractivity contribution in [1.82, 2.24) is 9.80 Å². The van der Waals surface area contributed by atoms with E-state index < -0.39 is 35.2 Å². The van der Waals surface area contributed by atoms with Crippen LogP contribution in [0.3, 0.4) is 0 Å². The van der Waals surface area contributed by atoms with Gasteiger partial charge in [0, 0.05) is 18.7 Å². The van der Waals surface area contributed by atoms with Crippen LogP contribution >= 0.6 is 0 Å². The molecule has 3 aromatic rings. The van der Waals surface area contributed by atoms with Gasteiger partial charge in [0.05, 0.1) is 11.6 Å². The third-order valence-corrected chi connectivity index (χ3v) is 7.91. The van der Waals surface area contributed by atoms with Gasteiger partial charge < -0.3 is 9.80 Å². The van der Waals surface area contributed by atoms with E-state index in [0.29, 0.717) is 55.6 Å². The highest BCUT2D eigenvalue weighted by molar-refractivity contribution is 5.94. The molecule has 0 bridgehead atoms. The molecule has 206 valence electrons. The van der Waals surface area contributed by atoms with Gasteiger partial charge in [0.2, 0.25) is 0 Å². The van der Waals surface area contributed by atoms with Crippen molar-refractivity contribution >= 4 is 5.91 Å². The van der Waals surface area contributed by atoms with Gasteiger partial charge in [0.1, 0.15) is 5.82 Å². The minimum atomic E-state index is -4.38. The van der Waals surface area contributed by atoms with Crippen LogP contribution in [0.25, 0.3) is 0 Å². The van der Waals surface area contributed by atoms with Crippen molar-refractivity contribution in [2.24, 2.45) is 0 Å². The summed E-state index contributed by atoms with van der Waals surface area (Å²) in [6, 6.07) is 12.8. The average molecular weight is 547 g/mol. The number of piperidine rings is 1. The van der Waals surface area contributed by atoms with Crippen LogP contribution in [0.4, 0.5) is 26.3 Å². The summed E-state index contributed by atoms with van der Waals surface area (Å²) >= 11 is 0. The van der Waals surface area contributed by atoms with Gasteiger partial charge in [0.25, 0.3) is 5.91 Å². The predicted octanol–water partition coefficient (Wildman–Crippen LogP) is 7.13. The Morgan fingerprint density at radius 2 is 1.62 bits per heavy atom. The first-order valence-electron chi connectivity index (χ1n) is 13.0. The zero-order valence-corrected chi connectivity index (χ0v) is 21.2. The van der Waals surface area contributed by atoms with Gasteiger partial charge in [-0.15, -0.1) is 0 Å². The van der Waals surface area contributed by atoms with E-state index in [2.05, 4.69) is 4.90 Å². The minimum absolute atomic E-state index is 0.0209. The number of alkyl halides is 3. The molecule has 2 aliphatic heterocycles. The Morgan fingerprint density at radius 3 is 2.31 bits per heavy atom. The smallest absolute Gasteiger partial charge is 0.331 e. The Morgan fingerprint density at radius 1 is 0.897 bits per heavy atom. The van der Waals surface area contributed by atoms with E-state index in [4.69, 9.17) is 0 Å². The number of likely N-dealkylation sites (tertiary alicyclic amines) is 1. The maximum atomic E-state index is 14.7. The summed E-state index contributed by atoms with van der Waals surface area (Å²) in [6.07, 6.45) is -2.35. The summed E-state index contributed by atoms with van der Waals surface area (Å²) < 4.78 is 81.5. The summed E-state index contributed by atoms with van der Waals surface area (Å²) in [5, 5.41) is 0. The molecule has 0 spiro atoms. The second-order valence-corrected chi connectivity index (χ2v) is 10.2. The van der Waals surface area contributed by atoms with Gasteiger partial charge in [-0.05, 0) is 97.8 Å². The number of carbonyl (C=O) groups is 1. The number of carbonyl (C=O) groups excluding carboxylic acids is 1. The lowest BCUT2D eigenvalue weighted by molar-refractivity contribution is -0.137. The molecular formula is C30H28F6N2O. The highest BCUT2D eigenvalue weighted by Gasteiger charge is 2.35. The molecule has 3 nitrogen and oxygen atoms in total. The van der Waals surface area contributed by atoms with E-state index in [1.807, 2.05) is 0 Å². The maximum Gasteiger partial charge on any atom is 0.416 e. The van der Waals surface area contributed by atoms with Crippen molar-refractivity contribution < 1.29 is 31.1 Å². The third-order valence-electron chi connectivity index (χ3n) is 7.91. The first-order valence-corrected chi connectivity index (χ1v) is 13.0. The third kappa shape index (κ3) is 5.83.